The van der Waals surface area contributed by atoms with Crippen LogP contribution in [0.15, 0.2) is 16.6 Å². The Kier molecular flexibility index (Phi) is 3.81. The van der Waals surface area contributed by atoms with Gasteiger partial charge in [0.2, 0.25) is 0 Å². The molecule has 0 aliphatic heterocycles. The minimum atomic E-state index is -4.45. The fourth-order valence-electron chi connectivity index (χ4n) is 1.18. The molecule has 0 bridgehead atoms. The molecule has 1 aromatic rings. The van der Waals surface area contributed by atoms with Gasteiger partial charge in [-0.3, -0.25) is 0 Å². The van der Waals surface area contributed by atoms with Crippen molar-refractivity contribution in [1.29, 1.82) is 5.26 Å². The molecule has 0 radical (unpaired) electrons. The van der Waals surface area contributed by atoms with Gasteiger partial charge in [-0.1, -0.05) is 0 Å². The SMILES string of the molecule is COc1cc(C(F)(F)F)cc(CC#N)c1Br. The average Bonchev–Trinajstić information content (AvgIpc) is 2.19. The van der Waals surface area contributed by atoms with Gasteiger partial charge in [-0.2, -0.15) is 18.4 Å². The first-order valence-corrected chi connectivity index (χ1v) is 5.00. The average molecular weight is 294 g/mol. The van der Waals surface area contributed by atoms with Crippen molar-refractivity contribution in [3.8, 4) is 11.8 Å². The maximum absolute atomic E-state index is 12.5. The smallest absolute Gasteiger partial charge is 0.416 e. The molecule has 0 aliphatic rings. The Morgan fingerprint density at radius 2 is 2.06 bits per heavy atom. The van der Waals surface area contributed by atoms with E-state index in [4.69, 9.17) is 10.00 Å². The summed E-state index contributed by atoms with van der Waals surface area (Å²) in [5.74, 6) is 0.0695. The summed E-state index contributed by atoms with van der Waals surface area (Å²) in [5, 5.41) is 8.51. The Bertz CT molecular complexity index is 437. The van der Waals surface area contributed by atoms with Gasteiger partial charge >= 0.3 is 6.18 Å². The second kappa shape index (κ2) is 4.74. The number of nitriles is 1. The standard InChI is InChI=1S/C10H7BrF3NO/c1-16-8-5-7(10(12,13)14)4-6(2-3-15)9(8)11/h4-5H,2H2,1H3. The summed E-state index contributed by atoms with van der Waals surface area (Å²) in [5.41, 5.74) is -0.563. The van der Waals surface area contributed by atoms with Gasteiger partial charge in [-0.05, 0) is 33.6 Å². The van der Waals surface area contributed by atoms with E-state index in [0.29, 0.717) is 4.47 Å². The number of rotatable bonds is 2. The van der Waals surface area contributed by atoms with E-state index in [1.54, 1.807) is 6.07 Å². The Hall–Kier alpha value is -1.22. The van der Waals surface area contributed by atoms with Gasteiger partial charge in [0, 0.05) is 0 Å². The molecule has 0 fully saturated rings. The van der Waals surface area contributed by atoms with Gasteiger partial charge in [-0.15, -0.1) is 0 Å². The minimum absolute atomic E-state index is 0.0695. The van der Waals surface area contributed by atoms with Crippen molar-refractivity contribution in [3.05, 3.63) is 27.7 Å². The molecule has 2 nitrogen and oxygen atoms in total. The second-order valence-corrected chi connectivity index (χ2v) is 3.78. The van der Waals surface area contributed by atoms with Crippen molar-refractivity contribution >= 4 is 15.9 Å². The van der Waals surface area contributed by atoms with E-state index in [1.165, 1.54) is 7.11 Å². The number of benzene rings is 1. The molecule has 0 atom stereocenters. The van der Waals surface area contributed by atoms with Crippen molar-refractivity contribution in [2.45, 2.75) is 12.6 Å². The van der Waals surface area contributed by atoms with Crippen molar-refractivity contribution < 1.29 is 17.9 Å². The Balaban J connectivity index is 3.35. The zero-order valence-corrected chi connectivity index (χ0v) is 9.82. The topological polar surface area (TPSA) is 33.0 Å². The fourth-order valence-corrected chi connectivity index (χ4v) is 1.71. The predicted molar refractivity (Wildman–Crippen MR) is 55.0 cm³/mol. The van der Waals surface area contributed by atoms with E-state index in [-0.39, 0.29) is 17.7 Å². The summed E-state index contributed by atoms with van der Waals surface area (Å²) in [4.78, 5) is 0. The molecule has 0 spiro atoms. The number of ether oxygens (including phenoxy) is 1. The van der Waals surface area contributed by atoms with Crippen molar-refractivity contribution in [2.24, 2.45) is 0 Å². The van der Waals surface area contributed by atoms with Gasteiger partial charge in [-0.25, -0.2) is 0 Å². The first-order chi connectivity index (χ1) is 7.40. The summed E-state index contributed by atoms with van der Waals surface area (Å²) >= 11 is 3.10. The molecule has 0 saturated carbocycles. The van der Waals surface area contributed by atoms with E-state index in [0.717, 1.165) is 12.1 Å². The third-order valence-corrected chi connectivity index (χ3v) is 2.83. The number of hydrogen-bond acceptors (Lipinski definition) is 2. The van der Waals surface area contributed by atoms with E-state index in [1.807, 2.05) is 0 Å². The third kappa shape index (κ3) is 2.67. The Labute approximate surface area is 98.8 Å². The van der Waals surface area contributed by atoms with Crippen LogP contribution in [0.1, 0.15) is 11.1 Å². The van der Waals surface area contributed by atoms with Crippen LogP contribution in [0.25, 0.3) is 0 Å². The zero-order valence-electron chi connectivity index (χ0n) is 8.23. The first kappa shape index (κ1) is 12.8. The number of methoxy groups -OCH3 is 1. The van der Waals surface area contributed by atoms with Gasteiger partial charge in [0.15, 0.2) is 0 Å². The first-order valence-electron chi connectivity index (χ1n) is 4.20. The minimum Gasteiger partial charge on any atom is -0.496 e. The van der Waals surface area contributed by atoms with Crippen LogP contribution in [-0.2, 0) is 12.6 Å². The van der Waals surface area contributed by atoms with Crippen LogP contribution < -0.4 is 4.74 Å². The van der Waals surface area contributed by atoms with Crippen LogP contribution in [0.3, 0.4) is 0 Å². The highest BCUT2D eigenvalue weighted by Crippen LogP contribution is 2.37. The van der Waals surface area contributed by atoms with Crippen LogP contribution in [0.5, 0.6) is 5.75 Å². The molecule has 6 heteroatoms. The summed E-state index contributed by atoms with van der Waals surface area (Å²) in [6, 6.07) is 3.64. The molecule has 0 saturated heterocycles. The molecule has 16 heavy (non-hydrogen) atoms. The monoisotopic (exact) mass is 293 g/mol. The molecular formula is C10H7BrF3NO. The van der Waals surface area contributed by atoms with Crippen molar-refractivity contribution in [1.82, 2.24) is 0 Å². The number of hydrogen-bond donors (Lipinski definition) is 0. The number of alkyl halides is 3. The van der Waals surface area contributed by atoms with Crippen LogP contribution >= 0.6 is 15.9 Å². The second-order valence-electron chi connectivity index (χ2n) is 2.98. The highest BCUT2D eigenvalue weighted by atomic mass is 79.9. The molecular weight excluding hydrogens is 287 g/mol. The molecule has 0 aliphatic carbocycles. The highest BCUT2D eigenvalue weighted by Gasteiger charge is 2.32. The lowest BCUT2D eigenvalue weighted by molar-refractivity contribution is -0.137. The lowest BCUT2D eigenvalue weighted by atomic mass is 10.1. The highest BCUT2D eigenvalue weighted by molar-refractivity contribution is 9.10. The summed E-state index contributed by atoms with van der Waals surface area (Å²) < 4.78 is 42.7. The van der Waals surface area contributed by atoms with Crippen LogP contribution in [-0.4, -0.2) is 7.11 Å². The van der Waals surface area contributed by atoms with Crippen LogP contribution in [0.4, 0.5) is 13.2 Å². The van der Waals surface area contributed by atoms with Gasteiger partial charge < -0.3 is 4.74 Å². The lowest BCUT2D eigenvalue weighted by Gasteiger charge is -2.12. The van der Waals surface area contributed by atoms with Crippen molar-refractivity contribution in [3.63, 3.8) is 0 Å². The maximum Gasteiger partial charge on any atom is 0.416 e. The lowest BCUT2D eigenvalue weighted by Crippen LogP contribution is -2.06. The normalized spacial score (nSPS) is 11.0. The Morgan fingerprint density at radius 3 is 2.50 bits per heavy atom. The van der Waals surface area contributed by atoms with E-state index >= 15 is 0 Å². The van der Waals surface area contributed by atoms with E-state index < -0.39 is 11.7 Å². The Morgan fingerprint density at radius 1 is 1.44 bits per heavy atom. The third-order valence-electron chi connectivity index (χ3n) is 1.93. The molecule has 0 N–H and O–H groups in total. The summed E-state index contributed by atoms with van der Waals surface area (Å²) in [6.07, 6.45) is -4.56. The van der Waals surface area contributed by atoms with Gasteiger partial charge in [0.05, 0.1) is 29.6 Å². The van der Waals surface area contributed by atoms with E-state index in [9.17, 15) is 13.2 Å². The molecule has 0 heterocycles. The largest absolute Gasteiger partial charge is 0.496 e. The van der Waals surface area contributed by atoms with Gasteiger partial charge in [0.25, 0.3) is 0 Å². The summed E-state index contributed by atoms with van der Waals surface area (Å²) in [7, 11) is 1.27. The predicted octanol–water partition coefficient (Wildman–Crippen LogP) is 3.54. The quantitative estimate of drug-likeness (QED) is 0.835. The van der Waals surface area contributed by atoms with Crippen LogP contribution in [0.2, 0.25) is 0 Å². The number of halogens is 4. The molecule has 86 valence electrons. The zero-order chi connectivity index (χ0) is 12.3. The molecule has 0 amide bonds. The van der Waals surface area contributed by atoms with Crippen LogP contribution in [0, 0.1) is 11.3 Å². The number of nitrogens with zero attached hydrogens (tertiary/aromatic N) is 1. The fraction of sp³-hybridized carbons (Fsp3) is 0.300. The summed E-state index contributed by atoms with van der Waals surface area (Å²) in [6.45, 7) is 0. The molecule has 0 unspecified atom stereocenters. The molecule has 1 rings (SSSR count). The van der Waals surface area contributed by atoms with Gasteiger partial charge in [0.1, 0.15) is 5.75 Å². The van der Waals surface area contributed by atoms with E-state index in [2.05, 4.69) is 15.9 Å². The maximum atomic E-state index is 12.5. The molecule has 1 aromatic carbocycles. The van der Waals surface area contributed by atoms with Crippen molar-refractivity contribution in [2.75, 3.05) is 7.11 Å². The molecule has 0 aromatic heterocycles.